The third-order valence-electron chi connectivity index (χ3n) is 13.5. The first kappa shape index (κ1) is 40.5. The molecule has 6 heteroatoms. The van der Waals surface area contributed by atoms with Crippen LogP contribution in [-0.4, -0.2) is 22.2 Å². The van der Waals surface area contributed by atoms with Gasteiger partial charge in [0.15, 0.2) is 5.60 Å². The van der Waals surface area contributed by atoms with E-state index in [1.54, 1.807) is 12.1 Å². The van der Waals surface area contributed by atoms with Gasteiger partial charge in [0, 0.05) is 39.6 Å². The molecular formula is C62H40O6. The Balaban J connectivity index is 1.15. The number of hydrogen-bond donors (Lipinski definition) is 2. The summed E-state index contributed by atoms with van der Waals surface area (Å²) in [4.78, 5) is 26.1. The van der Waals surface area contributed by atoms with Crippen molar-refractivity contribution in [2.24, 2.45) is 0 Å². The Bertz CT molecular complexity index is 3920. The van der Waals surface area contributed by atoms with Crippen LogP contribution in [0.3, 0.4) is 0 Å². The number of aromatic carboxylic acids is 2. The van der Waals surface area contributed by atoms with Gasteiger partial charge < -0.3 is 19.7 Å². The van der Waals surface area contributed by atoms with Crippen LogP contribution in [0.4, 0.5) is 0 Å². The normalized spacial score (nSPS) is 14.4. The fraction of sp³-hybridized carbons (Fsp3) is 0.0323. The summed E-state index contributed by atoms with van der Waals surface area (Å²) >= 11 is 0. The van der Waals surface area contributed by atoms with Crippen molar-refractivity contribution >= 4 is 71.9 Å². The van der Waals surface area contributed by atoms with Crippen molar-refractivity contribution in [1.29, 1.82) is 0 Å². The Morgan fingerprint density at radius 2 is 0.971 bits per heavy atom. The lowest BCUT2D eigenvalue weighted by Gasteiger charge is -2.39. The zero-order valence-electron chi connectivity index (χ0n) is 36.5. The number of carboxylic acid groups (broad SMARTS) is 2. The molecule has 1 unspecified atom stereocenters. The zero-order chi connectivity index (χ0) is 45.9. The molecule has 0 saturated heterocycles. The van der Waals surface area contributed by atoms with Gasteiger partial charge in [-0.1, -0.05) is 188 Å². The first-order chi connectivity index (χ1) is 33.4. The van der Waals surface area contributed by atoms with Gasteiger partial charge in [-0.2, -0.15) is 0 Å². The number of benzene rings is 11. The summed E-state index contributed by atoms with van der Waals surface area (Å²) in [6.07, 6.45) is 4.62. The second-order valence-electron chi connectivity index (χ2n) is 17.3. The van der Waals surface area contributed by atoms with E-state index in [1.165, 1.54) is 0 Å². The van der Waals surface area contributed by atoms with E-state index in [2.05, 4.69) is 84.9 Å². The topological polar surface area (TPSA) is 93.1 Å². The van der Waals surface area contributed by atoms with Crippen molar-refractivity contribution in [1.82, 2.24) is 0 Å². The number of hydrogen-bond acceptors (Lipinski definition) is 4. The average molecular weight is 881 g/mol. The molecule has 11 aromatic rings. The smallest absolute Gasteiger partial charge is 0.336 e. The van der Waals surface area contributed by atoms with Gasteiger partial charge in [-0.05, 0) is 89.9 Å². The minimum absolute atomic E-state index is 0.172. The minimum Gasteiger partial charge on any atom is -0.478 e. The van der Waals surface area contributed by atoms with Crippen LogP contribution in [0.5, 0.6) is 17.2 Å². The summed E-state index contributed by atoms with van der Waals surface area (Å²) in [6, 6.07) is 67.5. The van der Waals surface area contributed by atoms with Crippen LogP contribution < -0.4 is 9.47 Å². The molecule has 11 aromatic carbocycles. The molecule has 1 aliphatic carbocycles. The van der Waals surface area contributed by atoms with Crippen molar-refractivity contribution in [2.45, 2.75) is 12.0 Å². The first-order valence-electron chi connectivity index (χ1n) is 22.6. The highest BCUT2D eigenvalue weighted by atomic mass is 16.5. The second-order valence-corrected chi connectivity index (χ2v) is 17.3. The van der Waals surface area contributed by atoms with Gasteiger partial charge in [0.2, 0.25) is 0 Å². The molecular weight excluding hydrogens is 841 g/mol. The van der Waals surface area contributed by atoms with Crippen molar-refractivity contribution in [3.8, 4) is 39.5 Å². The van der Waals surface area contributed by atoms with Crippen molar-refractivity contribution in [3.05, 3.63) is 240 Å². The number of ether oxygens (including phenoxy) is 2. The van der Waals surface area contributed by atoms with E-state index in [1.807, 2.05) is 121 Å². The van der Waals surface area contributed by atoms with Crippen molar-refractivity contribution in [2.75, 3.05) is 0 Å². The lowest BCUT2D eigenvalue weighted by atomic mass is 9.76. The summed E-state index contributed by atoms with van der Waals surface area (Å²) < 4.78 is 15.3. The maximum absolute atomic E-state index is 13.1. The van der Waals surface area contributed by atoms with E-state index in [0.29, 0.717) is 51.0 Å². The van der Waals surface area contributed by atoms with Crippen LogP contribution in [0.25, 0.3) is 82.2 Å². The van der Waals surface area contributed by atoms with Crippen LogP contribution >= 0.6 is 0 Å². The van der Waals surface area contributed by atoms with Crippen LogP contribution in [0, 0.1) is 0 Å². The highest BCUT2D eigenvalue weighted by Gasteiger charge is 2.41. The number of carbonyl (C=O) groups is 2. The molecule has 12 rings (SSSR count). The van der Waals surface area contributed by atoms with Gasteiger partial charge >= 0.3 is 11.9 Å². The molecule has 0 amide bonds. The predicted molar refractivity (Wildman–Crippen MR) is 273 cm³/mol. The maximum Gasteiger partial charge on any atom is 0.336 e. The Morgan fingerprint density at radius 1 is 0.441 bits per heavy atom. The summed E-state index contributed by atoms with van der Waals surface area (Å²) in [6.45, 7) is 0. The summed E-state index contributed by atoms with van der Waals surface area (Å²) in [5, 5.41) is 29.8. The molecule has 0 heterocycles. The molecule has 0 aliphatic heterocycles. The molecule has 1 aliphatic rings. The molecule has 6 nitrogen and oxygen atoms in total. The monoisotopic (exact) mass is 880 g/mol. The van der Waals surface area contributed by atoms with E-state index in [0.717, 1.165) is 65.5 Å². The van der Waals surface area contributed by atoms with E-state index < -0.39 is 17.5 Å². The van der Waals surface area contributed by atoms with Crippen molar-refractivity contribution in [3.63, 3.8) is 0 Å². The molecule has 0 bridgehead atoms. The lowest BCUT2D eigenvalue weighted by Crippen LogP contribution is -2.36. The molecule has 68 heavy (non-hydrogen) atoms. The highest BCUT2D eigenvalue weighted by Crippen LogP contribution is 2.53. The molecule has 0 spiro atoms. The fourth-order valence-corrected chi connectivity index (χ4v) is 10.4. The van der Waals surface area contributed by atoms with Gasteiger partial charge in [-0.25, -0.2) is 9.59 Å². The van der Waals surface area contributed by atoms with E-state index >= 15 is 0 Å². The third-order valence-corrected chi connectivity index (χ3v) is 13.5. The molecule has 1 atom stereocenters. The van der Waals surface area contributed by atoms with Crippen LogP contribution in [0.2, 0.25) is 0 Å². The molecule has 0 saturated carbocycles. The molecule has 0 fully saturated rings. The summed E-state index contributed by atoms with van der Waals surface area (Å²) in [7, 11) is 0. The lowest BCUT2D eigenvalue weighted by molar-refractivity contribution is 0.0687. The van der Waals surface area contributed by atoms with Crippen molar-refractivity contribution < 1.29 is 29.3 Å². The Morgan fingerprint density at radius 3 is 1.68 bits per heavy atom. The van der Waals surface area contributed by atoms with Gasteiger partial charge in [0.05, 0.1) is 11.1 Å². The largest absolute Gasteiger partial charge is 0.478 e. The van der Waals surface area contributed by atoms with Gasteiger partial charge in [0.1, 0.15) is 17.2 Å². The zero-order valence-corrected chi connectivity index (χ0v) is 36.5. The van der Waals surface area contributed by atoms with E-state index in [9.17, 15) is 19.8 Å². The third kappa shape index (κ3) is 6.57. The average Bonchev–Trinajstić information content (AvgIpc) is 3.38. The summed E-state index contributed by atoms with van der Waals surface area (Å²) in [5.74, 6) is -0.431. The highest BCUT2D eigenvalue weighted by molar-refractivity contribution is 6.13. The summed E-state index contributed by atoms with van der Waals surface area (Å²) in [5.41, 5.74) is 4.84. The standard InChI is InChI=1S/C62H40O6/c63-60(64)52-36-43(35-42-19-4-7-23-45(42)52)62(34-14-21-41-18-5-12-29-54(41)62)68-56-33-31-40-17-3-9-25-47(40)58(56)57-46-24-8-2-16-39(46)30-32-55(57)67-59-50-27-11-10-26-49(50)53(61(65)66)37-51(59)48-28-13-20-38-15-1-6-22-44(38)48/h1-33,35-37H,34H2,(H,63,64)(H,65,66). The Labute approximate surface area is 391 Å². The molecule has 0 aromatic heterocycles. The van der Waals surface area contributed by atoms with E-state index in [-0.39, 0.29) is 11.1 Å². The SMILES string of the molecule is O=C(O)c1cc(C2(Oc3ccc4ccccc4c3-c3c(Oc4c(-c5cccc6ccccc56)cc(C(=O)O)c5ccccc45)ccc4ccccc34)CC=Cc3ccccc32)cc2ccccc12. The van der Waals surface area contributed by atoms with Crippen LogP contribution in [-0.2, 0) is 5.60 Å². The quantitative estimate of drug-likeness (QED) is 0.150. The number of rotatable bonds is 9. The molecule has 324 valence electrons. The predicted octanol–water partition coefficient (Wildman–Crippen LogP) is 15.7. The molecule has 0 radical (unpaired) electrons. The minimum atomic E-state index is -1.17. The molecule has 2 N–H and O–H groups in total. The fourth-order valence-electron chi connectivity index (χ4n) is 10.4. The van der Waals surface area contributed by atoms with Gasteiger partial charge in [0.25, 0.3) is 0 Å². The Kier molecular flexibility index (Phi) is 9.62. The first-order valence-corrected chi connectivity index (χ1v) is 22.6. The van der Waals surface area contributed by atoms with Gasteiger partial charge in [-0.3, -0.25) is 0 Å². The van der Waals surface area contributed by atoms with E-state index in [4.69, 9.17) is 9.47 Å². The van der Waals surface area contributed by atoms with Crippen LogP contribution in [0.1, 0.15) is 43.8 Å². The Hall–Kier alpha value is -9.00. The van der Waals surface area contributed by atoms with Gasteiger partial charge in [-0.15, -0.1) is 0 Å². The number of fused-ring (bicyclic) bond motifs is 6. The number of carboxylic acids is 2. The second kappa shape index (κ2) is 16.2. The van der Waals surface area contributed by atoms with Crippen LogP contribution in [0.15, 0.2) is 212 Å². The maximum atomic E-state index is 13.1.